The van der Waals surface area contributed by atoms with Gasteiger partial charge >= 0.3 is 0 Å². The molecular weight excluding hydrogens is 289 g/mol. The average Bonchev–Trinajstić information content (AvgIpc) is 3.38. The summed E-state index contributed by atoms with van der Waals surface area (Å²) < 4.78 is 13.6. The first kappa shape index (κ1) is 15.5. The maximum absolute atomic E-state index is 13.6. The second-order valence-electron chi connectivity index (χ2n) is 6.09. The number of nitrogens with one attached hydrogen (secondary N) is 1. The van der Waals surface area contributed by atoms with E-state index in [1.807, 2.05) is 6.92 Å². The van der Waals surface area contributed by atoms with Gasteiger partial charge in [-0.3, -0.25) is 4.79 Å². The van der Waals surface area contributed by atoms with Gasteiger partial charge in [-0.2, -0.15) is 0 Å². The molecule has 1 N–H and O–H groups in total. The van der Waals surface area contributed by atoms with Crippen LogP contribution in [0.25, 0.3) is 6.08 Å². The SMILES string of the molecule is Cc1ccc(C(NC(=O)/C=C/c2ccccc2F)C2CC2)cc1. The van der Waals surface area contributed by atoms with E-state index in [-0.39, 0.29) is 17.8 Å². The minimum atomic E-state index is -0.325. The Kier molecular flexibility index (Phi) is 4.56. The van der Waals surface area contributed by atoms with Crippen molar-refractivity contribution in [2.24, 2.45) is 5.92 Å². The maximum atomic E-state index is 13.6. The van der Waals surface area contributed by atoms with Crippen molar-refractivity contribution >= 4 is 12.0 Å². The third kappa shape index (κ3) is 4.07. The van der Waals surface area contributed by atoms with Crippen LogP contribution in [0.1, 0.15) is 35.6 Å². The molecule has 118 valence electrons. The monoisotopic (exact) mass is 309 g/mol. The highest BCUT2D eigenvalue weighted by Gasteiger charge is 2.32. The quantitative estimate of drug-likeness (QED) is 0.814. The minimum Gasteiger partial charge on any atom is -0.345 e. The summed E-state index contributed by atoms with van der Waals surface area (Å²) in [4.78, 5) is 12.2. The molecule has 0 radical (unpaired) electrons. The summed E-state index contributed by atoms with van der Waals surface area (Å²) in [7, 11) is 0. The van der Waals surface area contributed by atoms with Crippen molar-refractivity contribution in [1.82, 2.24) is 5.32 Å². The lowest BCUT2D eigenvalue weighted by Crippen LogP contribution is -2.28. The second-order valence-corrected chi connectivity index (χ2v) is 6.09. The molecule has 1 fully saturated rings. The molecule has 1 amide bonds. The number of carbonyl (C=O) groups is 1. The van der Waals surface area contributed by atoms with Crippen LogP contribution in [0, 0.1) is 18.7 Å². The molecule has 1 aliphatic rings. The molecule has 0 aliphatic heterocycles. The highest BCUT2D eigenvalue weighted by atomic mass is 19.1. The molecule has 0 spiro atoms. The van der Waals surface area contributed by atoms with E-state index in [1.165, 1.54) is 23.8 Å². The van der Waals surface area contributed by atoms with E-state index in [4.69, 9.17) is 0 Å². The van der Waals surface area contributed by atoms with Crippen molar-refractivity contribution in [3.05, 3.63) is 77.1 Å². The molecule has 0 aromatic heterocycles. The van der Waals surface area contributed by atoms with E-state index in [0.717, 1.165) is 18.4 Å². The van der Waals surface area contributed by atoms with Gasteiger partial charge in [-0.25, -0.2) is 4.39 Å². The average molecular weight is 309 g/mol. The molecule has 1 unspecified atom stereocenters. The number of carbonyl (C=O) groups excluding carboxylic acids is 1. The van der Waals surface area contributed by atoms with Crippen LogP contribution in [0.2, 0.25) is 0 Å². The number of amides is 1. The van der Waals surface area contributed by atoms with Gasteiger partial charge < -0.3 is 5.32 Å². The molecule has 1 aliphatic carbocycles. The molecule has 0 heterocycles. The third-order valence-corrected chi connectivity index (χ3v) is 4.15. The Morgan fingerprint density at radius 1 is 1.17 bits per heavy atom. The Hall–Kier alpha value is -2.42. The Bertz CT molecular complexity index is 717. The zero-order valence-electron chi connectivity index (χ0n) is 13.1. The predicted octanol–water partition coefficient (Wildman–Crippen LogP) is 4.41. The fraction of sp³-hybridized carbons (Fsp3) is 0.250. The van der Waals surface area contributed by atoms with Crippen molar-refractivity contribution in [3.63, 3.8) is 0 Å². The Balaban J connectivity index is 1.69. The Labute approximate surface area is 136 Å². The fourth-order valence-corrected chi connectivity index (χ4v) is 2.65. The largest absolute Gasteiger partial charge is 0.345 e. The second kappa shape index (κ2) is 6.78. The normalized spacial score (nSPS) is 15.6. The van der Waals surface area contributed by atoms with Gasteiger partial charge in [0.1, 0.15) is 5.82 Å². The fourth-order valence-electron chi connectivity index (χ4n) is 2.65. The lowest BCUT2D eigenvalue weighted by molar-refractivity contribution is -0.117. The number of rotatable bonds is 5. The lowest BCUT2D eigenvalue weighted by atomic mass is 10.0. The first-order chi connectivity index (χ1) is 11.1. The predicted molar refractivity (Wildman–Crippen MR) is 90.2 cm³/mol. The summed E-state index contributed by atoms with van der Waals surface area (Å²) in [5.74, 6) is -0.0110. The molecule has 23 heavy (non-hydrogen) atoms. The van der Waals surface area contributed by atoms with Gasteiger partial charge in [0.05, 0.1) is 6.04 Å². The van der Waals surface area contributed by atoms with Crippen LogP contribution in [0.3, 0.4) is 0 Å². The van der Waals surface area contributed by atoms with Crippen LogP contribution in [0.5, 0.6) is 0 Å². The van der Waals surface area contributed by atoms with E-state index >= 15 is 0 Å². The van der Waals surface area contributed by atoms with Crippen LogP contribution in [-0.2, 0) is 4.79 Å². The smallest absolute Gasteiger partial charge is 0.244 e. The molecule has 1 saturated carbocycles. The van der Waals surface area contributed by atoms with Gasteiger partial charge in [0.25, 0.3) is 0 Å². The van der Waals surface area contributed by atoms with Crippen LogP contribution in [0.4, 0.5) is 4.39 Å². The van der Waals surface area contributed by atoms with E-state index in [1.54, 1.807) is 18.2 Å². The summed E-state index contributed by atoms with van der Waals surface area (Å²) in [6.45, 7) is 2.05. The van der Waals surface area contributed by atoms with Crippen molar-refractivity contribution in [2.45, 2.75) is 25.8 Å². The van der Waals surface area contributed by atoms with E-state index in [2.05, 4.69) is 29.6 Å². The molecule has 0 saturated heterocycles. The number of aryl methyl sites for hydroxylation is 1. The van der Waals surface area contributed by atoms with Crippen LogP contribution >= 0.6 is 0 Å². The summed E-state index contributed by atoms with van der Waals surface area (Å²) in [6, 6.07) is 14.7. The van der Waals surface area contributed by atoms with E-state index in [0.29, 0.717) is 11.5 Å². The number of benzene rings is 2. The van der Waals surface area contributed by atoms with Crippen molar-refractivity contribution in [2.75, 3.05) is 0 Å². The van der Waals surface area contributed by atoms with Gasteiger partial charge in [-0.05, 0) is 43.4 Å². The molecule has 3 rings (SSSR count). The molecule has 2 aromatic rings. The van der Waals surface area contributed by atoms with Gasteiger partial charge in [0.2, 0.25) is 5.91 Å². The number of hydrogen-bond donors (Lipinski definition) is 1. The van der Waals surface area contributed by atoms with Gasteiger partial charge in [-0.15, -0.1) is 0 Å². The van der Waals surface area contributed by atoms with E-state index in [9.17, 15) is 9.18 Å². The van der Waals surface area contributed by atoms with Crippen LogP contribution < -0.4 is 5.32 Å². The molecule has 0 bridgehead atoms. The summed E-state index contributed by atoms with van der Waals surface area (Å²) in [5.41, 5.74) is 2.75. The first-order valence-electron chi connectivity index (χ1n) is 7.93. The minimum absolute atomic E-state index is 0.0355. The number of hydrogen-bond acceptors (Lipinski definition) is 1. The maximum Gasteiger partial charge on any atom is 0.244 e. The Morgan fingerprint density at radius 2 is 1.87 bits per heavy atom. The van der Waals surface area contributed by atoms with Gasteiger partial charge in [0, 0.05) is 11.6 Å². The van der Waals surface area contributed by atoms with Gasteiger partial charge in [0.15, 0.2) is 0 Å². The zero-order chi connectivity index (χ0) is 16.2. The standard InChI is InChI=1S/C20H20FNO/c1-14-6-8-16(9-7-14)20(17-10-11-17)22-19(23)13-12-15-4-2-3-5-18(15)21/h2-9,12-13,17,20H,10-11H2,1H3,(H,22,23)/b13-12+. The van der Waals surface area contributed by atoms with Crippen LogP contribution in [0.15, 0.2) is 54.6 Å². The molecular formula is C20H20FNO. The van der Waals surface area contributed by atoms with Crippen LogP contribution in [-0.4, -0.2) is 5.91 Å². The molecule has 2 aromatic carbocycles. The van der Waals surface area contributed by atoms with E-state index < -0.39 is 0 Å². The van der Waals surface area contributed by atoms with Gasteiger partial charge in [-0.1, -0.05) is 48.0 Å². The summed E-state index contributed by atoms with van der Waals surface area (Å²) in [5, 5.41) is 3.06. The lowest BCUT2D eigenvalue weighted by Gasteiger charge is -2.18. The topological polar surface area (TPSA) is 29.1 Å². The molecule has 3 heteroatoms. The summed E-state index contributed by atoms with van der Waals surface area (Å²) in [6.07, 6.45) is 5.19. The molecule has 1 atom stereocenters. The highest BCUT2D eigenvalue weighted by Crippen LogP contribution is 2.41. The third-order valence-electron chi connectivity index (χ3n) is 4.15. The van der Waals surface area contributed by atoms with Crippen molar-refractivity contribution < 1.29 is 9.18 Å². The number of halogens is 1. The Morgan fingerprint density at radius 3 is 2.52 bits per heavy atom. The highest BCUT2D eigenvalue weighted by molar-refractivity contribution is 5.92. The summed E-state index contributed by atoms with van der Waals surface area (Å²) >= 11 is 0. The molecule has 2 nitrogen and oxygen atoms in total. The van der Waals surface area contributed by atoms with Crippen molar-refractivity contribution in [1.29, 1.82) is 0 Å². The zero-order valence-corrected chi connectivity index (χ0v) is 13.1. The van der Waals surface area contributed by atoms with Crippen molar-refractivity contribution in [3.8, 4) is 0 Å². The first-order valence-corrected chi connectivity index (χ1v) is 7.93.